The van der Waals surface area contributed by atoms with Gasteiger partial charge in [0.15, 0.2) is 11.5 Å². The average Bonchev–Trinajstić information content (AvgIpc) is 2.80. The summed E-state index contributed by atoms with van der Waals surface area (Å²) in [5.74, 6) is 0.870. The Bertz CT molecular complexity index is 509. The summed E-state index contributed by atoms with van der Waals surface area (Å²) >= 11 is 0. The first-order valence-electron chi connectivity index (χ1n) is 5.19. The van der Waals surface area contributed by atoms with Crippen molar-refractivity contribution >= 4 is 11.8 Å². The van der Waals surface area contributed by atoms with E-state index >= 15 is 0 Å². The summed E-state index contributed by atoms with van der Waals surface area (Å²) in [6.45, 7) is 3.91. The van der Waals surface area contributed by atoms with E-state index in [1.807, 2.05) is 0 Å². The molecular formula is C12H11NO5. The minimum Gasteiger partial charge on any atom is -0.497 e. The zero-order valence-electron chi connectivity index (χ0n) is 9.50. The molecule has 1 heterocycles. The van der Waals surface area contributed by atoms with Crippen LogP contribution in [0.3, 0.4) is 0 Å². The SMILES string of the molecule is C=CCO/C=C/c1cc2c(cc1[N+](=O)[O-])OCO2. The highest BCUT2D eigenvalue weighted by atomic mass is 16.7. The van der Waals surface area contributed by atoms with Crippen LogP contribution in [0.5, 0.6) is 11.5 Å². The van der Waals surface area contributed by atoms with Crippen LogP contribution >= 0.6 is 0 Å². The Hall–Kier alpha value is -2.50. The van der Waals surface area contributed by atoms with Gasteiger partial charge < -0.3 is 14.2 Å². The second kappa shape index (κ2) is 5.22. The van der Waals surface area contributed by atoms with Gasteiger partial charge in [-0.25, -0.2) is 0 Å². The maximum atomic E-state index is 10.9. The van der Waals surface area contributed by atoms with Crippen LogP contribution < -0.4 is 9.47 Å². The first-order valence-corrected chi connectivity index (χ1v) is 5.19. The molecule has 0 N–H and O–H groups in total. The van der Waals surface area contributed by atoms with Crippen LogP contribution in [-0.4, -0.2) is 18.3 Å². The predicted molar refractivity (Wildman–Crippen MR) is 64.4 cm³/mol. The largest absolute Gasteiger partial charge is 0.497 e. The molecule has 0 aliphatic carbocycles. The quantitative estimate of drug-likeness (QED) is 0.263. The normalized spacial score (nSPS) is 12.7. The van der Waals surface area contributed by atoms with Gasteiger partial charge in [0.1, 0.15) is 6.61 Å². The fourth-order valence-corrected chi connectivity index (χ4v) is 1.48. The number of benzene rings is 1. The zero-order valence-corrected chi connectivity index (χ0v) is 9.50. The van der Waals surface area contributed by atoms with E-state index in [4.69, 9.17) is 14.2 Å². The molecule has 0 atom stereocenters. The van der Waals surface area contributed by atoms with Crippen LogP contribution in [0.25, 0.3) is 6.08 Å². The van der Waals surface area contributed by atoms with E-state index in [9.17, 15) is 10.1 Å². The van der Waals surface area contributed by atoms with E-state index in [0.717, 1.165) is 0 Å². The zero-order chi connectivity index (χ0) is 13.0. The third-order valence-electron chi connectivity index (χ3n) is 2.28. The third-order valence-corrected chi connectivity index (χ3v) is 2.28. The lowest BCUT2D eigenvalue weighted by atomic mass is 10.1. The van der Waals surface area contributed by atoms with Gasteiger partial charge >= 0.3 is 0 Å². The topological polar surface area (TPSA) is 70.8 Å². The van der Waals surface area contributed by atoms with E-state index in [-0.39, 0.29) is 12.5 Å². The van der Waals surface area contributed by atoms with Gasteiger partial charge in [-0.05, 0) is 12.1 Å². The first-order chi connectivity index (χ1) is 8.72. The highest BCUT2D eigenvalue weighted by molar-refractivity contribution is 5.66. The highest BCUT2D eigenvalue weighted by Gasteiger charge is 2.21. The molecule has 18 heavy (non-hydrogen) atoms. The van der Waals surface area contributed by atoms with Gasteiger partial charge in [0.05, 0.1) is 22.8 Å². The smallest absolute Gasteiger partial charge is 0.280 e. The molecule has 0 unspecified atom stereocenters. The molecular weight excluding hydrogens is 238 g/mol. The molecule has 94 valence electrons. The maximum absolute atomic E-state index is 10.9. The van der Waals surface area contributed by atoms with Crippen LogP contribution in [0.4, 0.5) is 5.69 Å². The first kappa shape index (κ1) is 12.0. The fraction of sp³-hybridized carbons (Fsp3) is 0.167. The van der Waals surface area contributed by atoms with Crippen LogP contribution in [-0.2, 0) is 4.74 Å². The van der Waals surface area contributed by atoms with Gasteiger partial charge in [0, 0.05) is 0 Å². The molecule has 1 aromatic carbocycles. The summed E-state index contributed by atoms with van der Waals surface area (Å²) in [7, 11) is 0. The van der Waals surface area contributed by atoms with Crippen LogP contribution in [0.15, 0.2) is 31.0 Å². The fourth-order valence-electron chi connectivity index (χ4n) is 1.48. The van der Waals surface area contributed by atoms with Crippen molar-refractivity contribution in [2.45, 2.75) is 0 Å². The second-order valence-electron chi connectivity index (χ2n) is 3.45. The molecule has 0 amide bonds. The minimum atomic E-state index is -0.477. The molecule has 0 radical (unpaired) electrons. The molecule has 0 saturated carbocycles. The Balaban J connectivity index is 2.29. The second-order valence-corrected chi connectivity index (χ2v) is 3.45. The molecule has 1 aliphatic rings. The summed E-state index contributed by atoms with van der Waals surface area (Å²) in [6, 6.07) is 2.89. The van der Waals surface area contributed by atoms with Crippen molar-refractivity contribution in [1.29, 1.82) is 0 Å². The van der Waals surface area contributed by atoms with Gasteiger partial charge in [0.2, 0.25) is 6.79 Å². The van der Waals surface area contributed by atoms with Crippen LogP contribution in [0.1, 0.15) is 5.56 Å². The Morgan fingerprint density at radius 1 is 1.44 bits per heavy atom. The lowest BCUT2D eigenvalue weighted by Gasteiger charge is -2.01. The summed E-state index contributed by atoms with van der Waals surface area (Å²) < 4.78 is 15.3. The van der Waals surface area contributed by atoms with Gasteiger partial charge in [-0.3, -0.25) is 10.1 Å². The van der Waals surface area contributed by atoms with Crippen molar-refractivity contribution < 1.29 is 19.1 Å². The summed E-state index contributed by atoms with van der Waals surface area (Å²) in [4.78, 5) is 10.5. The van der Waals surface area contributed by atoms with E-state index in [2.05, 4.69) is 6.58 Å². The predicted octanol–water partition coefficient (Wildman–Crippen LogP) is 2.50. The van der Waals surface area contributed by atoms with Gasteiger partial charge in [-0.1, -0.05) is 12.7 Å². The molecule has 6 heteroatoms. The molecule has 6 nitrogen and oxygen atoms in total. The van der Waals surface area contributed by atoms with Gasteiger partial charge in [-0.15, -0.1) is 0 Å². The number of nitro benzene ring substituents is 1. The standard InChI is InChI=1S/C12H11NO5/c1-2-4-16-5-3-9-6-11-12(18-8-17-11)7-10(9)13(14)15/h2-3,5-7H,1,4,8H2/b5-3+. The van der Waals surface area contributed by atoms with E-state index in [1.165, 1.54) is 18.4 Å². The maximum Gasteiger partial charge on any atom is 0.280 e. The van der Waals surface area contributed by atoms with Crippen LogP contribution in [0, 0.1) is 10.1 Å². The monoisotopic (exact) mass is 249 g/mol. The number of nitrogens with zero attached hydrogens (tertiary/aromatic N) is 1. The van der Waals surface area contributed by atoms with Crippen molar-refractivity contribution in [2.75, 3.05) is 13.4 Å². The Morgan fingerprint density at radius 3 is 2.83 bits per heavy atom. The lowest BCUT2D eigenvalue weighted by molar-refractivity contribution is -0.385. The summed E-state index contributed by atoms with van der Waals surface area (Å²) in [5.41, 5.74) is 0.339. The number of rotatable bonds is 5. The molecule has 0 aromatic heterocycles. The number of ether oxygens (including phenoxy) is 3. The van der Waals surface area contributed by atoms with E-state index in [0.29, 0.717) is 23.7 Å². The van der Waals surface area contributed by atoms with E-state index < -0.39 is 4.92 Å². The van der Waals surface area contributed by atoms with Gasteiger partial charge in [0.25, 0.3) is 5.69 Å². The third kappa shape index (κ3) is 2.42. The molecule has 1 aromatic rings. The van der Waals surface area contributed by atoms with Crippen LogP contribution in [0.2, 0.25) is 0 Å². The van der Waals surface area contributed by atoms with Crippen molar-refractivity contribution in [3.63, 3.8) is 0 Å². The number of hydrogen-bond acceptors (Lipinski definition) is 5. The van der Waals surface area contributed by atoms with Gasteiger partial charge in [-0.2, -0.15) is 0 Å². The molecule has 1 aliphatic heterocycles. The van der Waals surface area contributed by atoms with E-state index in [1.54, 1.807) is 12.1 Å². The molecule has 0 spiro atoms. The van der Waals surface area contributed by atoms with Crippen molar-refractivity contribution in [1.82, 2.24) is 0 Å². The Kier molecular flexibility index (Phi) is 3.47. The summed E-state index contributed by atoms with van der Waals surface area (Å²) in [5, 5.41) is 10.9. The van der Waals surface area contributed by atoms with Crippen molar-refractivity contribution in [3.05, 3.63) is 46.7 Å². The lowest BCUT2D eigenvalue weighted by Crippen LogP contribution is -1.93. The number of fused-ring (bicyclic) bond motifs is 1. The van der Waals surface area contributed by atoms with Crippen molar-refractivity contribution in [3.8, 4) is 11.5 Å². The summed E-state index contributed by atoms with van der Waals surface area (Å²) in [6.07, 6.45) is 4.47. The molecule has 2 rings (SSSR count). The Labute approximate surface area is 103 Å². The Morgan fingerprint density at radius 2 is 2.17 bits per heavy atom. The highest BCUT2D eigenvalue weighted by Crippen LogP contribution is 2.38. The number of nitro groups is 1. The average molecular weight is 249 g/mol. The number of hydrogen-bond donors (Lipinski definition) is 0. The minimum absolute atomic E-state index is 0.0577. The van der Waals surface area contributed by atoms with Crippen molar-refractivity contribution in [2.24, 2.45) is 0 Å². The molecule has 0 bridgehead atoms. The molecule has 0 fully saturated rings. The molecule has 0 saturated heterocycles.